The predicted octanol–water partition coefficient (Wildman–Crippen LogP) is 1.21. The van der Waals surface area contributed by atoms with E-state index in [4.69, 9.17) is 10.5 Å². The molecule has 2 aromatic rings. The molecule has 0 spiro atoms. The molecule has 0 saturated carbocycles. The van der Waals surface area contributed by atoms with E-state index in [0.29, 0.717) is 0 Å². The maximum absolute atomic E-state index is 12.4. The minimum absolute atomic E-state index is 0.0235. The molecule has 1 atom stereocenters. The van der Waals surface area contributed by atoms with Gasteiger partial charge in [0.05, 0.1) is 11.5 Å². The Labute approximate surface area is 137 Å². The first-order chi connectivity index (χ1) is 11.3. The van der Waals surface area contributed by atoms with Crippen molar-refractivity contribution in [1.29, 1.82) is 5.26 Å². The van der Waals surface area contributed by atoms with E-state index in [9.17, 15) is 14.9 Å². The Bertz CT molecular complexity index is 1010. The van der Waals surface area contributed by atoms with Crippen LogP contribution in [0.25, 0.3) is 0 Å². The molecule has 7 heteroatoms. The molecule has 1 aromatic heterocycles. The number of hydrogen-bond donors (Lipinski definition) is 3. The second-order valence-corrected chi connectivity index (χ2v) is 5.89. The van der Waals surface area contributed by atoms with Crippen LogP contribution in [0.4, 0.5) is 0 Å². The van der Waals surface area contributed by atoms with Crippen LogP contribution in [0.5, 0.6) is 5.88 Å². The largest absolute Gasteiger partial charge is 0.424 e. The molecule has 0 aliphatic carbocycles. The SMILES string of the molecule is Cc1cc(C)c([C@H]2C(C#N)=C(N)Oc3[nH]c(=O)[nH]c(=O)c32)c(C)c1. The molecule has 3 rings (SSSR count). The number of benzene rings is 1. The third-order valence-electron chi connectivity index (χ3n) is 4.15. The molecule has 4 N–H and O–H groups in total. The number of aryl methyl sites for hydroxylation is 3. The van der Waals surface area contributed by atoms with Crippen molar-refractivity contribution in [2.45, 2.75) is 26.7 Å². The number of rotatable bonds is 1. The van der Waals surface area contributed by atoms with Crippen LogP contribution in [-0.2, 0) is 0 Å². The normalized spacial score (nSPS) is 16.3. The smallest absolute Gasteiger partial charge is 0.328 e. The van der Waals surface area contributed by atoms with Gasteiger partial charge in [-0.25, -0.2) is 4.79 Å². The summed E-state index contributed by atoms with van der Waals surface area (Å²) in [5.41, 5.74) is 8.64. The number of allylic oxidation sites excluding steroid dienone is 1. The molecule has 0 amide bonds. The van der Waals surface area contributed by atoms with Crippen molar-refractivity contribution in [2.75, 3.05) is 0 Å². The van der Waals surface area contributed by atoms with Crippen molar-refractivity contribution in [3.63, 3.8) is 0 Å². The minimum atomic E-state index is -0.694. The zero-order valence-corrected chi connectivity index (χ0v) is 13.5. The number of hydrogen-bond acceptors (Lipinski definition) is 5. The summed E-state index contributed by atoms with van der Waals surface area (Å²) in [6.07, 6.45) is 0. The van der Waals surface area contributed by atoms with Gasteiger partial charge in [-0.3, -0.25) is 14.8 Å². The van der Waals surface area contributed by atoms with E-state index in [1.165, 1.54) is 0 Å². The number of H-pyrrole nitrogens is 2. The highest BCUT2D eigenvalue weighted by Crippen LogP contribution is 2.41. The summed E-state index contributed by atoms with van der Waals surface area (Å²) >= 11 is 0. The Balaban J connectivity index is 2.41. The van der Waals surface area contributed by atoms with E-state index in [-0.39, 0.29) is 22.9 Å². The summed E-state index contributed by atoms with van der Waals surface area (Å²) in [6.45, 7) is 5.80. The van der Waals surface area contributed by atoms with Gasteiger partial charge < -0.3 is 10.5 Å². The molecule has 7 nitrogen and oxygen atoms in total. The first-order valence-electron chi connectivity index (χ1n) is 7.35. The zero-order chi connectivity index (χ0) is 17.6. The van der Waals surface area contributed by atoms with Crippen LogP contribution in [0.3, 0.4) is 0 Å². The molecule has 2 heterocycles. The van der Waals surface area contributed by atoms with E-state index in [1.807, 2.05) is 39.0 Å². The van der Waals surface area contributed by atoms with Gasteiger partial charge in [0.15, 0.2) is 0 Å². The fourth-order valence-electron chi connectivity index (χ4n) is 3.32. The van der Waals surface area contributed by atoms with Crippen molar-refractivity contribution in [2.24, 2.45) is 5.73 Å². The minimum Gasteiger partial charge on any atom is -0.424 e. The zero-order valence-electron chi connectivity index (χ0n) is 13.5. The second-order valence-electron chi connectivity index (χ2n) is 5.89. The lowest BCUT2D eigenvalue weighted by molar-refractivity contribution is 0.373. The molecule has 24 heavy (non-hydrogen) atoms. The van der Waals surface area contributed by atoms with Gasteiger partial charge >= 0.3 is 5.69 Å². The van der Waals surface area contributed by atoms with E-state index >= 15 is 0 Å². The fraction of sp³-hybridized carbons (Fsp3) is 0.235. The number of nitrogens with two attached hydrogens (primary N) is 1. The Morgan fingerprint density at radius 1 is 1.12 bits per heavy atom. The first kappa shape index (κ1) is 15.6. The quantitative estimate of drug-likeness (QED) is 0.727. The van der Waals surface area contributed by atoms with E-state index in [1.54, 1.807) is 0 Å². The van der Waals surface area contributed by atoms with Crippen molar-refractivity contribution in [1.82, 2.24) is 9.97 Å². The molecule has 1 aliphatic rings. The number of fused-ring (bicyclic) bond motifs is 1. The van der Waals surface area contributed by atoms with Gasteiger partial charge in [-0.2, -0.15) is 5.26 Å². The third-order valence-corrected chi connectivity index (χ3v) is 4.15. The van der Waals surface area contributed by atoms with Gasteiger partial charge in [0, 0.05) is 0 Å². The number of ether oxygens (including phenoxy) is 1. The van der Waals surface area contributed by atoms with Crippen molar-refractivity contribution in [3.8, 4) is 11.9 Å². The van der Waals surface area contributed by atoms with Gasteiger partial charge in [0.2, 0.25) is 11.8 Å². The lowest BCUT2D eigenvalue weighted by Gasteiger charge is -2.27. The van der Waals surface area contributed by atoms with Crippen LogP contribution in [0.1, 0.15) is 33.7 Å². The summed E-state index contributed by atoms with van der Waals surface area (Å²) in [7, 11) is 0. The molecule has 0 fully saturated rings. The Morgan fingerprint density at radius 3 is 2.33 bits per heavy atom. The lowest BCUT2D eigenvalue weighted by atomic mass is 9.80. The second kappa shape index (κ2) is 5.42. The molecule has 1 aromatic carbocycles. The van der Waals surface area contributed by atoms with E-state index in [2.05, 4.69) is 9.97 Å². The highest BCUT2D eigenvalue weighted by molar-refractivity contribution is 5.56. The number of aromatic nitrogens is 2. The predicted molar refractivity (Wildman–Crippen MR) is 87.6 cm³/mol. The average molecular weight is 324 g/mol. The van der Waals surface area contributed by atoms with Crippen LogP contribution >= 0.6 is 0 Å². The third kappa shape index (κ3) is 2.29. The Hall–Kier alpha value is -3.27. The highest BCUT2D eigenvalue weighted by atomic mass is 16.5. The summed E-state index contributed by atoms with van der Waals surface area (Å²) in [4.78, 5) is 28.6. The molecule has 0 bridgehead atoms. The van der Waals surface area contributed by atoms with Crippen LogP contribution in [0.2, 0.25) is 0 Å². The van der Waals surface area contributed by atoms with Crippen LogP contribution < -0.4 is 21.7 Å². The topological polar surface area (TPSA) is 125 Å². The summed E-state index contributed by atoms with van der Waals surface area (Å²) in [5, 5.41) is 9.55. The molecule has 0 radical (unpaired) electrons. The highest BCUT2D eigenvalue weighted by Gasteiger charge is 2.35. The Morgan fingerprint density at radius 2 is 1.75 bits per heavy atom. The maximum atomic E-state index is 12.4. The average Bonchev–Trinajstić information content (AvgIpc) is 2.45. The molecular formula is C17H16N4O3. The maximum Gasteiger partial charge on any atom is 0.328 e. The first-order valence-corrected chi connectivity index (χ1v) is 7.35. The molecule has 0 unspecified atom stereocenters. The number of nitrogens with zero attached hydrogens (tertiary/aromatic N) is 1. The molecule has 122 valence electrons. The van der Waals surface area contributed by atoms with Crippen molar-refractivity contribution in [3.05, 3.63) is 72.2 Å². The van der Waals surface area contributed by atoms with E-state index < -0.39 is 17.2 Å². The van der Waals surface area contributed by atoms with Crippen molar-refractivity contribution < 1.29 is 4.74 Å². The fourth-order valence-corrected chi connectivity index (χ4v) is 3.32. The van der Waals surface area contributed by atoms with Crippen LogP contribution in [0.15, 0.2) is 33.2 Å². The number of aromatic amines is 2. The molecule has 1 aliphatic heterocycles. The van der Waals surface area contributed by atoms with Crippen molar-refractivity contribution >= 4 is 0 Å². The summed E-state index contributed by atoms with van der Waals surface area (Å²) in [6, 6.07) is 5.99. The number of nitriles is 1. The lowest BCUT2D eigenvalue weighted by Crippen LogP contribution is -2.33. The summed E-state index contributed by atoms with van der Waals surface area (Å²) in [5.74, 6) is -0.833. The van der Waals surface area contributed by atoms with Crippen LogP contribution in [0, 0.1) is 32.1 Å². The van der Waals surface area contributed by atoms with Crippen LogP contribution in [-0.4, -0.2) is 9.97 Å². The molecular weight excluding hydrogens is 308 g/mol. The Kier molecular flexibility index (Phi) is 3.53. The standard InChI is InChI=1S/C17H16N4O3/c1-7-4-8(2)11(9(3)5-7)12-10(6-18)14(19)24-16-13(12)15(22)20-17(23)21-16/h4-5,12H,19H2,1-3H3,(H2,20,21,22,23)/t12-/m1/s1. The van der Waals surface area contributed by atoms with Gasteiger partial charge in [-0.1, -0.05) is 17.7 Å². The van der Waals surface area contributed by atoms with Gasteiger partial charge in [-0.15, -0.1) is 0 Å². The van der Waals surface area contributed by atoms with E-state index in [0.717, 1.165) is 22.3 Å². The van der Waals surface area contributed by atoms with Gasteiger partial charge in [0.25, 0.3) is 5.56 Å². The summed E-state index contributed by atoms with van der Waals surface area (Å²) < 4.78 is 5.31. The van der Waals surface area contributed by atoms with Gasteiger partial charge in [-0.05, 0) is 37.5 Å². The van der Waals surface area contributed by atoms with Gasteiger partial charge in [0.1, 0.15) is 11.6 Å². The monoisotopic (exact) mass is 324 g/mol. The molecule has 0 saturated heterocycles. The number of nitrogens with one attached hydrogen (secondary N) is 2.